The van der Waals surface area contributed by atoms with Crippen LogP contribution in [0.4, 0.5) is 18.9 Å². The van der Waals surface area contributed by atoms with Gasteiger partial charge in [0.1, 0.15) is 6.04 Å². The number of methoxy groups -OCH3 is 1. The van der Waals surface area contributed by atoms with Crippen LogP contribution in [0.15, 0.2) is 65.9 Å². The summed E-state index contributed by atoms with van der Waals surface area (Å²) in [4.78, 5) is 37.7. The Morgan fingerprint density at radius 2 is 1.79 bits per heavy atom. The molecule has 0 bridgehead atoms. The van der Waals surface area contributed by atoms with Crippen molar-refractivity contribution >= 4 is 23.1 Å². The Labute approximate surface area is 216 Å². The van der Waals surface area contributed by atoms with Crippen LogP contribution in [-0.2, 0) is 11.2 Å². The number of hydrogen-bond acceptors (Lipinski definition) is 7. The molecule has 0 radical (unpaired) electrons. The van der Waals surface area contributed by atoms with Gasteiger partial charge in [0.15, 0.2) is 17.3 Å². The van der Waals surface area contributed by atoms with Gasteiger partial charge in [-0.3, -0.25) is 14.6 Å². The fourth-order valence-electron chi connectivity index (χ4n) is 4.21. The number of aliphatic imine (C=N–C) groups is 1. The summed E-state index contributed by atoms with van der Waals surface area (Å²) in [7, 11) is 1.26. The Bertz CT molecular complexity index is 1330. The number of ketones is 1. The zero-order chi connectivity index (χ0) is 27.3. The monoisotopic (exact) mass is 526 g/mol. The van der Waals surface area contributed by atoms with E-state index < -0.39 is 24.1 Å². The van der Waals surface area contributed by atoms with E-state index in [0.29, 0.717) is 29.8 Å². The first-order valence-corrected chi connectivity index (χ1v) is 11.9. The molecular weight excluding hydrogens is 501 g/mol. The first-order chi connectivity index (χ1) is 18.2. The lowest BCUT2D eigenvalue weighted by molar-refractivity contribution is -0.275. The van der Waals surface area contributed by atoms with Gasteiger partial charge < -0.3 is 14.8 Å². The second-order valence-corrected chi connectivity index (χ2v) is 8.65. The number of carbonyl (C=O) groups is 2. The highest BCUT2D eigenvalue weighted by atomic mass is 19.4. The van der Waals surface area contributed by atoms with Gasteiger partial charge >= 0.3 is 6.36 Å². The highest BCUT2D eigenvalue weighted by Crippen LogP contribution is 2.35. The van der Waals surface area contributed by atoms with Gasteiger partial charge in [0.25, 0.3) is 5.91 Å². The average Bonchev–Trinajstić information content (AvgIpc) is 2.90. The van der Waals surface area contributed by atoms with Crippen LogP contribution in [0, 0.1) is 5.92 Å². The van der Waals surface area contributed by atoms with Gasteiger partial charge in [-0.2, -0.15) is 0 Å². The van der Waals surface area contributed by atoms with E-state index in [1.54, 1.807) is 30.3 Å². The SMILES string of the molecule is CCC1CC(=O)C(Cc2ccc(NC(=O)c3ncccn3)cc2)N=C1c1ccc(OC(F)(F)F)c(OC)c1. The molecule has 0 saturated heterocycles. The number of rotatable bonds is 8. The highest BCUT2D eigenvalue weighted by molar-refractivity contribution is 6.08. The minimum atomic E-state index is -4.85. The van der Waals surface area contributed by atoms with Crippen molar-refractivity contribution in [3.8, 4) is 11.5 Å². The molecule has 38 heavy (non-hydrogen) atoms. The van der Waals surface area contributed by atoms with E-state index in [1.165, 1.54) is 37.7 Å². The molecule has 1 aliphatic rings. The second-order valence-electron chi connectivity index (χ2n) is 8.65. The van der Waals surface area contributed by atoms with Gasteiger partial charge in [0, 0.05) is 42.6 Å². The molecule has 198 valence electrons. The first-order valence-electron chi connectivity index (χ1n) is 11.9. The summed E-state index contributed by atoms with van der Waals surface area (Å²) >= 11 is 0. The van der Waals surface area contributed by atoms with Gasteiger partial charge in [-0.15, -0.1) is 13.2 Å². The summed E-state index contributed by atoms with van der Waals surface area (Å²) in [6, 6.07) is 12.1. The lowest BCUT2D eigenvalue weighted by Gasteiger charge is -2.27. The van der Waals surface area contributed by atoms with E-state index in [4.69, 9.17) is 9.73 Å². The van der Waals surface area contributed by atoms with Gasteiger partial charge in [-0.05, 0) is 53.9 Å². The number of nitrogens with zero attached hydrogens (tertiary/aromatic N) is 3. The van der Waals surface area contributed by atoms with Gasteiger partial charge in [-0.1, -0.05) is 19.1 Å². The van der Waals surface area contributed by atoms with Gasteiger partial charge in [0.2, 0.25) is 5.82 Å². The average molecular weight is 527 g/mol. The summed E-state index contributed by atoms with van der Waals surface area (Å²) in [5.41, 5.74) is 2.59. The zero-order valence-electron chi connectivity index (χ0n) is 20.7. The molecule has 1 amide bonds. The Morgan fingerprint density at radius 1 is 1.08 bits per heavy atom. The van der Waals surface area contributed by atoms with Gasteiger partial charge in [-0.25, -0.2) is 9.97 Å². The third-order valence-corrected chi connectivity index (χ3v) is 6.09. The molecule has 2 unspecified atom stereocenters. The van der Waals surface area contributed by atoms with Crippen LogP contribution in [0.5, 0.6) is 11.5 Å². The summed E-state index contributed by atoms with van der Waals surface area (Å²) < 4.78 is 47.4. The Hall–Kier alpha value is -4.28. The summed E-state index contributed by atoms with van der Waals surface area (Å²) in [6.07, 6.45) is -0.653. The largest absolute Gasteiger partial charge is 0.573 e. The van der Waals surface area contributed by atoms with Crippen LogP contribution in [0.1, 0.15) is 41.5 Å². The van der Waals surface area contributed by atoms with Crippen LogP contribution in [0.25, 0.3) is 0 Å². The number of aromatic nitrogens is 2. The minimum Gasteiger partial charge on any atom is -0.493 e. The molecule has 2 atom stereocenters. The molecule has 0 aliphatic carbocycles. The lowest BCUT2D eigenvalue weighted by Crippen LogP contribution is -2.34. The predicted molar refractivity (Wildman–Crippen MR) is 134 cm³/mol. The van der Waals surface area contributed by atoms with Gasteiger partial charge in [0.05, 0.1) is 7.11 Å². The minimum absolute atomic E-state index is 0.0109. The van der Waals surface area contributed by atoms with Crippen LogP contribution in [0.3, 0.4) is 0 Å². The normalized spacial score (nSPS) is 17.5. The summed E-state index contributed by atoms with van der Waals surface area (Å²) in [6.45, 7) is 1.93. The molecule has 4 rings (SSSR count). The van der Waals surface area contributed by atoms with E-state index >= 15 is 0 Å². The van der Waals surface area contributed by atoms with Crippen molar-refractivity contribution < 1.29 is 32.2 Å². The number of halogens is 3. The van der Waals surface area contributed by atoms with Crippen molar-refractivity contribution in [2.75, 3.05) is 12.4 Å². The van der Waals surface area contributed by atoms with E-state index in [2.05, 4.69) is 20.0 Å². The van der Waals surface area contributed by atoms with Crippen LogP contribution < -0.4 is 14.8 Å². The van der Waals surface area contributed by atoms with Crippen molar-refractivity contribution in [3.63, 3.8) is 0 Å². The Balaban J connectivity index is 1.53. The Kier molecular flexibility index (Phi) is 8.04. The van der Waals surface area contributed by atoms with Crippen molar-refractivity contribution in [1.82, 2.24) is 9.97 Å². The molecule has 1 N–H and O–H groups in total. The predicted octanol–water partition coefficient (Wildman–Crippen LogP) is 5.04. The summed E-state index contributed by atoms with van der Waals surface area (Å²) in [5, 5.41) is 2.72. The lowest BCUT2D eigenvalue weighted by atomic mass is 9.83. The standard InChI is InChI=1S/C27H25F3N4O4/c1-3-17-14-21(35)20(34-24(17)18-7-10-22(23(15-18)37-2)38-27(28,29)30)13-16-5-8-19(9-6-16)33-26(36)25-31-11-4-12-32-25/h4-12,15,17,20H,3,13-14H2,1-2H3,(H,33,36). The number of carbonyl (C=O) groups excluding carboxylic acids is 2. The van der Waals surface area contributed by atoms with E-state index in [1.807, 2.05) is 6.92 Å². The molecule has 0 spiro atoms. The van der Waals surface area contributed by atoms with Crippen molar-refractivity contribution in [2.24, 2.45) is 10.9 Å². The molecule has 0 saturated carbocycles. The molecule has 1 aromatic heterocycles. The van der Waals surface area contributed by atoms with Crippen molar-refractivity contribution in [2.45, 2.75) is 38.6 Å². The molecule has 2 aromatic carbocycles. The van der Waals surface area contributed by atoms with Crippen molar-refractivity contribution in [1.29, 1.82) is 0 Å². The molecule has 11 heteroatoms. The summed E-state index contributed by atoms with van der Waals surface area (Å²) in [5.74, 6) is -1.11. The molecular formula is C27H25F3N4O4. The fourth-order valence-corrected chi connectivity index (χ4v) is 4.21. The van der Waals surface area contributed by atoms with E-state index in [-0.39, 0.29) is 29.7 Å². The van der Waals surface area contributed by atoms with Crippen LogP contribution in [0.2, 0.25) is 0 Å². The van der Waals surface area contributed by atoms with E-state index in [9.17, 15) is 22.8 Å². The number of alkyl halides is 3. The highest BCUT2D eigenvalue weighted by Gasteiger charge is 2.34. The number of hydrogen-bond donors (Lipinski definition) is 1. The fraction of sp³-hybridized carbons (Fsp3) is 0.296. The molecule has 2 heterocycles. The number of Topliss-reactive ketones (excluding diaryl/α,β-unsaturated/α-hetero) is 1. The number of ether oxygens (including phenoxy) is 2. The number of nitrogens with one attached hydrogen (secondary N) is 1. The number of benzene rings is 2. The number of amides is 1. The van der Waals surface area contributed by atoms with Crippen molar-refractivity contribution in [3.05, 3.63) is 77.9 Å². The third kappa shape index (κ3) is 6.53. The Morgan fingerprint density at radius 3 is 2.42 bits per heavy atom. The molecule has 0 fully saturated rings. The molecule has 1 aliphatic heterocycles. The number of anilines is 1. The topological polar surface area (TPSA) is 103 Å². The smallest absolute Gasteiger partial charge is 0.493 e. The molecule has 8 nitrogen and oxygen atoms in total. The maximum atomic E-state index is 12.9. The quantitative estimate of drug-likeness (QED) is 0.442. The zero-order valence-corrected chi connectivity index (χ0v) is 20.7. The maximum absolute atomic E-state index is 12.9. The maximum Gasteiger partial charge on any atom is 0.573 e. The second kappa shape index (κ2) is 11.4. The van der Waals surface area contributed by atoms with Crippen LogP contribution >= 0.6 is 0 Å². The van der Waals surface area contributed by atoms with Crippen LogP contribution in [-0.4, -0.2) is 46.9 Å². The molecule has 3 aromatic rings. The first kappa shape index (κ1) is 26.8. The third-order valence-electron chi connectivity index (χ3n) is 6.09. The van der Waals surface area contributed by atoms with E-state index in [0.717, 1.165) is 5.56 Å².